The van der Waals surface area contributed by atoms with Gasteiger partial charge in [-0.25, -0.2) is 4.79 Å². The average molecular weight is 373 g/mol. The van der Waals surface area contributed by atoms with Gasteiger partial charge in [0.2, 0.25) is 5.78 Å². The minimum absolute atomic E-state index is 0.100. The molecule has 2 rings (SSSR count). The van der Waals surface area contributed by atoms with Crippen LogP contribution in [0.3, 0.4) is 0 Å². The molecule has 27 heavy (non-hydrogen) atoms. The van der Waals surface area contributed by atoms with E-state index < -0.39 is 12.1 Å². The van der Waals surface area contributed by atoms with Crippen LogP contribution in [0.2, 0.25) is 0 Å². The molecule has 0 unspecified atom stereocenters. The molecule has 1 heterocycles. The van der Waals surface area contributed by atoms with Crippen molar-refractivity contribution < 1.29 is 28.6 Å². The van der Waals surface area contributed by atoms with Crippen LogP contribution in [0.5, 0.6) is 11.5 Å². The molecule has 144 valence electrons. The van der Waals surface area contributed by atoms with Gasteiger partial charge in [-0.3, -0.25) is 9.59 Å². The lowest BCUT2D eigenvalue weighted by atomic mass is 10.1. The zero-order valence-electron chi connectivity index (χ0n) is 16.3. The van der Waals surface area contributed by atoms with Gasteiger partial charge in [-0.2, -0.15) is 0 Å². The average Bonchev–Trinajstić information content (AvgIpc) is 2.94. The predicted octanol–water partition coefficient (Wildman–Crippen LogP) is 3.28. The second kappa shape index (κ2) is 8.07. The summed E-state index contributed by atoms with van der Waals surface area (Å²) in [5, 5.41) is 0. The third-order valence-corrected chi connectivity index (χ3v) is 4.32. The van der Waals surface area contributed by atoms with Crippen molar-refractivity contribution in [3.05, 3.63) is 46.3 Å². The van der Waals surface area contributed by atoms with E-state index in [1.165, 1.54) is 21.1 Å². The molecular formula is C20H23NO6. The molecule has 0 aliphatic carbocycles. The Bertz CT molecular complexity index is 896. The maximum Gasteiger partial charge on any atom is 0.339 e. The number of ether oxygens (including phenoxy) is 3. The summed E-state index contributed by atoms with van der Waals surface area (Å²) in [6.07, 6.45) is -0.843. The molecule has 2 aromatic rings. The second-order valence-electron chi connectivity index (χ2n) is 6.16. The molecule has 0 bridgehead atoms. The molecule has 0 aliphatic rings. The largest absolute Gasteiger partial charge is 0.493 e. The van der Waals surface area contributed by atoms with Gasteiger partial charge in [-0.15, -0.1) is 0 Å². The Kier molecular flexibility index (Phi) is 6.05. The summed E-state index contributed by atoms with van der Waals surface area (Å²) in [5.74, 6) is -0.218. The van der Waals surface area contributed by atoms with Gasteiger partial charge in [0.05, 0.1) is 25.5 Å². The molecule has 1 atom stereocenters. The number of esters is 1. The van der Waals surface area contributed by atoms with Gasteiger partial charge in [0, 0.05) is 11.3 Å². The molecule has 0 amide bonds. The number of ketones is 2. The zero-order chi connectivity index (χ0) is 20.3. The quantitative estimate of drug-likeness (QED) is 0.591. The molecule has 0 fully saturated rings. The Hall–Kier alpha value is -3.09. The van der Waals surface area contributed by atoms with E-state index in [9.17, 15) is 14.4 Å². The van der Waals surface area contributed by atoms with E-state index in [2.05, 4.69) is 4.98 Å². The van der Waals surface area contributed by atoms with Gasteiger partial charge in [-0.05, 0) is 51.5 Å². The second-order valence-corrected chi connectivity index (χ2v) is 6.16. The zero-order valence-corrected chi connectivity index (χ0v) is 16.3. The normalized spacial score (nSPS) is 11.6. The SMILES string of the molecule is COC(=O)c1c(C)[nH]c(C(=O)[C@@H](C)Oc2ccc(C(C)=O)cc2OC)c1C. The first-order valence-electron chi connectivity index (χ1n) is 8.38. The van der Waals surface area contributed by atoms with Crippen molar-refractivity contribution in [1.29, 1.82) is 0 Å². The molecular weight excluding hydrogens is 350 g/mol. The van der Waals surface area contributed by atoms with Crippen LogP contribution in [0.4, 0.5) is 0 Å². The van der Waals surface area contributed by atoms with E-state index in [0.717, 1.165) is 0 Å². The molecule has 1 aromatic heterocycles. The van der Waals surface area contributed by atoms with E-state index >= 15 is 0 Å². The van der Waals surface area contributed by atoms with Crippen molar-refractivity contribution in [2.24, 2.45) is 0 Å². The van der Waals surface area contributed by atoms with Crippen molar-refractivity contribution in [2.45, 2.75) is 33.8 Å². The molecule has 0 radical (unpaired) electrons. The van der Waals surface area contributed by atoms with Gasteiger partial charge in [0.25, 0.3) is 0 Å². The first-order chi connectivity index (χ1) is 12.7. The van der Waals surface area contributed by atoms with Crippen LogP contribution in [0.25, 0.3) is 0 Å². The molecule has 0 spiro atoms. The van der Waals surface area contributed by atoms with Gasteiger partial charge in [0.1, 0.15) is 0 Å². The Morgan fingerprint density at radius 3 is 2.30 bits per heavy atom. The van der Waals surface area contributed by atoms with Crippen LogP contribution in [-0.4, -0.2) is 42.8 Å². The lowest BCUT2D eigenvalue weighted by Gasteiger charge is -2.16. The highest BCUT2D eigenvalue weighted by Gasteiger charge is 2.27. The fourth-order valence-electron chi connectivity index (χ4n) is 2.84. The fraction of sp³-hybridized carbons (Fsp3) is 0.350. The number of methoxy groups -OCH3 is 2. The van der Waals surface area contributed by atoms with Gasteiger partial charge in [0.15, 0.2) is 23.4 Å². The summed E-state index contributed by atoms with van der Waals surface area (Å²) in [5.41, 5.74) is 2.19. The molecule has 7 heteroatoms. The summed E-state index contributed by atoms with van der Waals surface area (Å²) in [6, 6.07) is 4.76. The number of hydrogen-bond donors (Lipinski definition) is 1. The van der Waals surface area contributed by atoms with Crippen LogP contribution in [0.15, 0.2) is 18.2 Å². The van der Waals surface area contributed by atoms with E-state index in [-0.39, 0.29) is 11.6 Å². The number of benzene rings is 1. The van der Waals surface area contributed by atoms with Crippen LogP contribution in [0, 0.1) is 13.8 Å². The Morgan fingerprint density at radius 1 is 1.07 bits per heavy atom. The van der Waals surface area contributed by atoms with E-state index in [4.69, 9.17) is 14.2 Å². The van der Waals surface area contributed by atoms with Crippen molar-refractivity contribution in [3.8, 4) is 11.5 Å². The van der Waals surface area contributed by atoms with E-state index in [0.29, 0.717) is 39.6 Å². The highest BCUT2D eigenvalue weighted by atomic mass is 16.5. The van der Waals surface area contributed by atoms with Crippen LogP contribution >= 0.6 is 0 Å². The van der Waals surface area contributed by atoms with Crippen molar-refractivity contribution in [2.75, 3.05) is 14.2 Å². The topological polar surface area (TPSA) is 94.7 Å². The molecule has 7 nitrogen and oxygen atoms in total. The standard InChI is InChI=1S/C20H23NO6/c1-10-17(20(24)26-6)11(2)21-18(10)19(23)13(4)27-15-8-7-14(12(3)22)9-16(15)25-5/h7-9,13,21H,1-6H3/t13-/m1/s1. The lowest BCUT2D eigenvalue weighted by Crippen LogP contribution is -2.25. The summed E-state index contributed by atoms with van der Waals surface area (Å²) < 4.78 is 15.8. The van der Waals surface area contributed by atoms with Crippen LogP contribution < -0.4 is 9.47 Å². The number of Topliss-reactive ketones (excluding diaryl/α,β-unsaturated/α-hetero) is 2. The van der Waals surface area contributed by atoms with Crippen molar-refractivity contribution in [3.63, 3.8) is 0 Å². The summed E-state index contributed by atoms with van der Waals surface area (Å²) in [4.78, 5) is 39.2. The first kappa shape index (κ1) is 20.2. The van der Waals surface area contributed by atoms with Gasteiger partial charge < -0.3 is 19.2 Å². The summed E-state index contributed by atoms with van der Waals surface area (Å²) in [6.45, 7) is 6.44. The highest BCUT2D eigenvalue weighted by Crippen LogP contribution is 2.30. The van der Waals surface area contributed by atoms with Crippen molar-refractivity contribution >= 4 is 17.5 Å². The lowest BCUT2D eigenvalue weighted by molar-refractivity contribution is 0.0599. The number of carbonyl (C=O) groups excluding carboxylic acids is 3. The molecule has 1 aromatic carbocycles. The van der Waals surface area contributed by atoms with E-state index in [1.54, 1.807) is 39.0 Å². The monoisotopic (exact) mass is 373 g/mol. The van der Waals surface area contributed by atoms with Crippen LogP contribution in [0.1, 0.15) is 56.3 Å². The first-order valence-corrected chi connectivity index (χ1v) is 8.38. The van der Waals surface area contributed by atoms with E-state index in [1.807, 2.05) is 0 Å². The van der Waals surface area contributed by atoms with Gasteiger partial charge in [-0.1, -0.05) is 0 Å². The van der Waals surface area contributed by atoms with Crippen LogP contribution in [-0.2, 0) is 4.74 Å². The smallest absolute Gasteiger partial charge is 0.339 e. The maximum absolute atomic E-state index is 12.8. The number of aryl methyl sites for hydroxylation is 1. The predicted molar refractivity (Wildman–Crippen MR) is 99.0 cm³/mol. The van der Waals surface area contributed by atoms with Gasteiger partial charge >= 0.3 is 5.97 Å². The number of aromatic amines is 1. The number of carbonyl (C=O) groups is 3. The minimum atomic E-state index is -0.843. The molecule has 0 aliphatic heterocycles. The molecule has 0 saturated heterocycles. The Morgan fingerprint density at radius 2 is 1.74 bits per heavy atom. The Balaban J connectivity index is 2.29. The molecule has 1 N–H and O–H groups in total. The summed E-state index contributed by atoms with van der Waals surface area (Å²) >= 11 is 0. The third-order valence-electron chi connectivity index (χ3n) is 4.32. The number of rotatable bonds is 7. The third kappa shape index (κ3) is 4.02. The number of H-pyrrole nitrogens is 1. The molecule has 0 saturated carbocycles. The Labute approximate surface area is 157 Å². The number of aromatic nitrogens is 1. The minimum Gasteiger partial charge on any atom is -0.493 e. The fourth-order valence-corrected chi connectivity index (χ4v) is 2.84. The highest BCUT2D eigenvalue weighted by molar-refractivity contribution is 6.03. The summed E-state index contributed by atoms with van der Waals surface area (Å²) in [7, 11) is 2.75. The number of hydrogen-bond acceptors (Lipinski definition) is 6. The maximum atomic E-state index is 12.8. The van der Waals surface area contributed by atoms with Crippen molar-refractivity contribution in [1.82, 2.24) is 4.98 Å². The number of nitrogens with one attached hydrogen (secondary N) is 1.